The Bertz CT molecular complexity index is 897. The lowest BCUT2D eigenvalue weighted by atomic mass is 10.2. The highest BCUT2D eigenvalue weighted by molar-refractivity contribution is 7.85. The van der Waals surface area contributed by atoms with E-state index in [1.165, 1.54) is 25.4 Å². The molecule has 0 radical (unpaired) electrons. The Morgan fingerprint density at radius 1 is 1.26 bits per heavy atom. The first-order chi connectivity index (χ1) is 12.7. The van der Waals surface area contributed by atoms with Gasteiger partial charge in [-0.3, -0.25) is 9.35 Å². The molecule has 10 heteroatoms. The van der Waals surface area contributed by atoms with E-state index in [0.717, 1.165) is 31.7 Å². The number of pyridine rings is 1. The first-order valence-electron chi connectivity index (χ1n) is 8.04. The van der Waals surface area contributed by atoms with Crippen LogP contribution < -0.4 is 15.4 Å². The van der Waals surface area contributed by atoms with Crippen molar-refractivity contribution in [3.05, 3.63) is 47.1 Å². The number of ether oxygens (including phenoxy) is 1. The average Bonchev–Trinajstić information content (AvgIpc) is 3.16. The van der Waals surface area contributed by atoms with Gasteiger partial charge in [0.25, 0.3) is 16.0 Å². The van der Waals surface area contributed by atoms with E-state index in [2.05, 4.69) is 9.88 Å². The highest BCUT2D eigenvalue weighted by Gasteiger charge is 2.15. The van der Waals surface area contributed by atoms with Gasteiger partial charge in [-0.05, 0) is 43.2 Å². The molecule has 1 aromatic carbocycles. The number of hydrogen-bond donors (Lipinski definition) is 2. The maximum absolute atomic E-state index is 10.8. The normalized spacial score (nSPS) is 13.7. The van der Waals surface area contributed by atoms with Crippen LogP contribution >= 0.6 is 11.6 Å². The first kappa shape index (κ1) is 20.9. The quantitative estimate of drug-likeness (QED) is 0.737. The fourth-order valence-corrected chi connectivity index (χ4v) is 3.11. The van der Waals surface area contributed by atoms with Crippen molar-refractivity contribution in [3.63, 3.8) is 0 Å². The molecule has 1 aliphatic rings. The summed E-state index contributed by atoms with van der Waals surface area (Å²) in [7, 11) is -2.67. The minimum absolute atomic E-state index is 0.162. The van der Waals surface area contributed by atoms with Crippen molar-refractivity contribution in [2.45, 2.75) is 17.7 Å². The third kappa shape index (κ3) is 5.81. The molecule has 0 unspecified atom stereocenters. The minimum atomic E-state index is -4.12. The number of rotatable bonds is 4. The van der Waals surface area contributed by atoms with Gasteiger partial charge in [0.2, 0.25) is 0 Å². The number of nitrogens with two attached hydrogens (primary N) is 1. The Labute approximate surface area is 162 Å². The van der Waals surface area contributed by atoms with Crippen molar-refractivity contribution in [2.24, 2.45) is 5.73 Å². The van der Waals surface area contributed by atoms with E-state index in [1.54, 1.807) is 18.2 Å². The zero-order chi connectivity index (χ0) is 20.0. The van der Waals surface area contributed by atoms with Gasteiger partial charge in [-0.2, -0.15) is 8.42 Å². The zero-order valence-corrected chi connectivity index (χ0v) is 16.2. The largest absolute Gasteiger partial charge is 0.496 e. The van der Waals surface area contributed by atoms with E-state index in [0.29, 0.717) is 16.3 Å². The molecular weight excluding hydrogens is 394 g/mol. The van der Waals surface area contributed by atoms with Gasteiger partial charge >= 0.3 is 0 Å². The Balaban J connectivity index is 0.000000199. The number of benzene rings is 1. The SMILES string of the molecule is COc1cc(Cl)ccc1C(N)=O.O=S(=O)(O)c1ccc(N2CCCC2)nc1. The number of amides is 1. The summed E-state index contributed by atoms with van der Waals surface area (Å²) in [6, 6.07) is 7.65. The number of aromatic nitrogens is 1. The molecule has 3 rings (SSSR count). The molecule has 8 nitrogen and oxygen atoms in total. The molecule has 0 spiro atoms. The maximum atomic E-state index is 10.8. The number of anilines is 1. The van der Waals surface area contributed by atoms with Crippen LogP contribution in [0.5, 0.6) is 5.75 Å². The molecule has 3 N–H and O–H groups in total. The van der Waals surface area contributed by atoms with Gasteiger partial charge in [0.1, 0.15) is 16.5 Å². The van der Waals surface area contributed by atoms with Crippen LogP contribution in [0.25, 0.3) is 0 Å². The predicted octanol–water partition coefficient (Wildman–Crippen LogP) is 2.38. The van der Waals surface area contributed by atoms with Gasteiger partial charge in [-0.1, -0.05) is 11.6 Å². The van der Waals surface area contributed by atoms with Crippen molar-refractivity contribution in [1.82, 2.24) is 4.98 Å². The van der Waals surface area contributed by atoms with Crippen molar-refractivity contribution in [2.75, 3.05) is 25.1 Å². The van der Waals surface area contributed by atoms with Crippen LogP contribution in [-0.4, -0.2) is 44.1 Å². The van der Waals surface area contributed by atoms with Gasteiger partial charge in [0.05, 0.1) is 18.9 Å². The van der Waals surface area contributed by atoms with Crippen molar-refractivity contribution in [3.8, 4) is 5.75 Å². The molecule has 1 saturated heterocycles. The Hall–Kier alpha value is -2.36. The number of hydrogen-bond acceptors (Lipinski definition) is 6. The second-order valence-electron chi connectivity index (χ2n) is 5.73. The minimum Gasteiger partial charge on any atom is -0.496 e. The molecule has 0 saturated carbocycles. The highest BCUT2D eigenvalue weighted by Crippen LogP contribution is 2.22. The smallest absolute Gasteiger partial charge is 0.296 e. The lowest BCUT2D eigenvalue weighted by molar-refractivity contribution is 0.0997. The lowest BCUT2D eigenvalue weighted by Gasteiger charge is -2.15. The van der Waals surface area contributed by atoms with Crippen LogP contribution in [0.4, 0.5) is 5.82 Å². The molecule has 1 amide bonds. The molecule has 1 aromatic heterocycles. The predicted molar refractivity (Wildman–Crippen MR) is 102 cm³/mol. The van der Waals surface area contributed by atoms with E-state index in [1.807, 2.05) is 0 Å². The molecule has 1 aliphatic heterocycles. The summed E-state index contributed by atoms with van der Waals surface area (Å²) in [6.07, 6.45) is 3.46. The number of carbonyl (C=O) groups is 1. The molecule has 0 bridgehead atoms. The van der Waals surface area contributed by atoms with Crippen LogP contribution in [-0.2, 0) is 10.1 Å². The summed E-state index contributed by atoms with van der Waals surface area (Å²) in [5.74, 6) is 0.637. The fraction of sp³-hybridized carbons (Fsp3) is 0.294. The standard InChI is InChI=1S/C9H12N2O3S.C8H8ClNO2/c12-15(13,14)8-3-4-9(10-7-8)11-5-1-2-6-11;1-12-7-4-5(9)2-3-6(7)8(10)11/h3-4,7H,1-2,5-6H2,(H,12,13,14);2-4H,1H3,(H2,10,11). The Morgan fingerprint density at radius 2 is 1.93 bits per heavy atom. The number of carbonyl (C=O) groups excluding carboxylic acids is 1. The van der Waals surface area contributed by atoms with Crippen molar-refractivity contribution in [1.29, 1.82) is 0 Å². The van der Waals surface area contributed by atoms with Gasteiger partial charge < -0.3 is 15.4 Å². The lowest BCUT2D eigenvalue weighted by Crippen LogP contribution is -2.18. The van der Waals surface area contributed by atoms with E-state index < -0.39 is 16.0 Å². The van der Waals surface area contributed by atoms with Crippen molar-refractivity contribution >= 4 is 33.4 Å². The molecule has 2 aromatic rings. The second-order valence-corrected chi connectivity index (χ2v) is 7.59. The van der Waals surface area contributed by atoms with Gasteiger partial charge in [-0.25, -0.2) is 4.98 Å². The van der Waals surface area contributed by atoms with E-state index in [9.17, 15) is 13.2 Å². The van der Waals surface area contributed by atoms with E-state index in [4.69, 9.17) is 26.6 Å². The molecule has 0 atom stereocenters. The molecule has 2 heterocycles. The van der Waals surface area contributed by atoms with Crippen LogP contribution in [0, 0.1) is 0 Å². The molecule has 0 aliphatic carbocycles. The highest BCUT2D eigenvalue weighted by atomic mass is 35.5. The third-order valence-corrected chi connectivity index (χ3v) is 4.95. The summed E-state index contributed by atoms with van der Waals surface area (Å²) in [6.45, 7) is 1.91. The topological polar surface area (TPSA) is 123 Å². The van der Waals surface area contributed by atoms with E-state index in [-0.39, 0.29) is 4.90 Å². The van der Waals surface area contributed by atoms with Crippen molar-refractivity contribution < 1.29 is 22.5 Å². The van der Waals surface area contributed by atoms with Gasteiger partial charge in [0.15, 0.2) is 0 Å². The summed E-state index contributed by atoms with van der Waals surface area (Å²) >= 11 is 5.67. The van der Waals surface area contributed by atoms with Crippen LogP contribution in [0.15, 0.2) is 41.4 Å². The van der Waals surface area contributed by atoms with E-state index >= 15 is 0 Å². The maximum Gasteiger partial charge on any atom is 0.296 e. The number of primary amides is 1. The molecule has 1 fully saturated rings. The zero-order valence-electron chi connectivity index (χ0n) is 14.6. The summed E-state index contributed by atoms with van der Waals surface area (Å²) in [5, 5.41) is 0.511. The van der Waals surface area contributed by atoms with Gasteiger partial charge in [0, 0.05) is 18.1 Å². The Morgan fingerprint density at radius 3 is 2.41 bits per heavy atom. The molecular formula is C17H20ClN3O5S. The van der Waals surface area contributed by atoms with Crippen LogP contribution in [0.1, 0.15) is 23.2 Å². The van der Waals surface area contributed by atoms with Crippen LogP contribution in [0.2, 0.25) is 5.02 Å². The third-order valence-electron chi connectivity index (χ3n) is 3.88. The summed E-state index contributed by atoms with van der Waals surface area (Å²) in [5.41, 5.74) is 5.41. The second kappa shape index (κ2) is 9.03. The fourth-order valence-electron chi connectivity index (χ4n) is 2.53. The average molecular weight is 414 g/mol. The summed E-state index contributed by atoms with van der Waals surface area (Å²) in [4.78, 5) is 16.7. The molecule has 146 valence electrons. The number of nitrogens with zero attached hydrogens (tertiary/aromatic N) is 2. The van der Waals surface area contributed by atoms with Crippen LogP contribution in [0.3, 0.4) is 0 Å². The molecule has 27 heavy (non-hydrogen) atoms. The number of halogens is 1. The summed E-state index contributed by atoms with van der Waals surface area (Å²) < 4.78 is 35.2. The monoisotopic (exact) mass is 413 g/mol. The Kier molecular flexibility index (Phi) is 7.00. The first-order valence-corrected chi connectivity index (χ1v) is 9.86. The number of methoxy groups -OCH3 is 1. The van der Waals surface area contributed by atoms with Gasteiger partial charge in [-0.15, -0.1) is 0 Å².